The second-order valence-electron chi connectivity index (χ2n) is 7.56. The zero-order valence-corrected chi connectivity index (χ0v) is 19.8. The summed E-state index contributed by atoms with van der Waals surface area (Å²) in [7, 11) is 0. The smallest absolute Gasteiger partial charge is 0.137 e. The van der Waals surface area contributed by atoms with Gasteiger partial charge in [0.2, 0.25) is 0 Å². The Kier molecular flexibility index (Phi) is 12.5. The molecule has 0 saturated heterocycles. The Morgan fingerprint density at radius 1 is 0.900 bits per heavy atom. The van der Waals surface area contributed by atoms with Gasteiger partial charge in [-0.15, -0.1) is 0 Å². The van der Waals surface area contributed by atoms with Gasteiger partial charge in [-0.2, -0.15) is 0 Å². The summed E-state index contributed by atoms with van der Waals surface area (Å²) in [5.74, 6) is 1.19. The Morgan fingerprint density at radius 3 is 2.50 bits per heavy atom. The molecular weight excluding hydrogens is 440 g/mol. The number of ether oxygens (including phenoxy) is 2. The molecule has 0 saturated carbocycles. The number of carbonyl (C=O) groups is 1. The lowest BCUT2D eigenvalue weighted by Crippen LogP contribution is -2.11. The van der Waals surface area contributed by atoms with E-state index in [4.69, 9.17) is 9.47 Å². The maximum Gasteiger partial charge on any atom is 0.137 e. The van der Waals surface area contributed by atoms with Gasteiger partial charge in [-0.3, -0.25) is 4.79 Å². The summed E-state index contributed by atoms with van der Waals surface area (Å²) < 4.78 is 12.0. The largest absolute Gasteiger partial charge is 0.493 e. The normalized spacial score (nSPS) is 10.9. The maximum atomic E-state index is 12.4. The molecule has 0 amide bonds. The molecule has 0 unspecified atom stereocenters. The molecule has 3 nitrogen and oxygen atoms in total. The fourth-order valence-corrected chi connectivity index (χ4v) is 3.77. The maximum absolute atomic E-state index is 12.4. The minimum absolute atomic E-state index is 0.303. The molecule has 30 heavy (non-hydrogen) atoms. The second-order valence-corrected chi connectivity index (χ2v) is 8.35. The van der Waals surface area contributed by atoms with Crippen LogP contribution in [0.5, 0.6) is 5.75 Å². The zero-order valence-electron chi connectivity index (χ0n) is 18.2. The molecule has 0 aliphatic rings. The van der Waals surface area contributed by atoms with Crippen LogP contribution in [0.1, 0.15) is 55.7 Å². The molecule has 2 aromatic rings. The average Bonchev–Trinajstić information content (AvgIpc) is 2.76. The van der Waals surface area contributed by atoms with Crippen LogP contribution in [-0.2, 0) is 28.8 Å². The van der Waals surface area contributed by atoms with Crippen molar-refractivity contribution >= 4 is 21.7 Å². The molecule has 0 spiro atoms. The van der Waals surface area contributed by atoms with Crippen molar-refractivity contribution in [3.05, 3.63) is 65.2 Å². The molecule has 0 radical (unpaired) electrons. The van der Waals surface area contributed by atoms with Gasteiger partial charge >= 0.3 is 0 Å². The molecule has 2 aromatic carbocycles. The van der Waals surface area contributed by atoms with Crippen LogP contribution in [0.4, 0.5) is 0 Å². The monoisotopic (exact) mass is 474 g/mol. The number of unbranched alkanes of at least 4 members (excludes halogenated alkanes) is 2. The lowest BCUT2D eigenvalue weighted by molar-refractivity contribution is -0.118. The van der Waals surface area contributed by atoms with Crippen molar-refractivity contribution in [3.63, 3.8) is 0 Å². The summed E-state index contributed by atoms with van der Waals surface area (Å²) in [6.07, 6.45) is 6.95. The van der Waals surface area contributed by atoms with Crippen LogP contribution in [0.3, 0.4) is 0 Å². The van der Waals surface area contributed by atoms with E-state index in [1.54, 1.807) is 0 Å². The van der Waals surface area contributed by atoms with E-state index in [9.17, 15) is 4.79 Å². The number of hydrogen-bond donors (Lipinski definition) is 0. The van der Waals surface area contributed by atoms with Crippen LogP contribution >= 0.6 is 15.9 Å². The topological polar surface area (TPSA) is 35.5 Å². The minimum atomic E-state index is 0.303. The summed E-state index contributed by atoms with van der Waals surface area (Å²) in [6.45, 7) is 4.16. The van der Waals surface area contributed by atoms with Crippen LogP contribution in [0.15, 0.2) is 48.5 Å². The van der Waals surface area contributed by atoms with E-state index in [1.807, 2.05) is 18.2 Å². The van der Waals surface area contributed by atoms with Gasteiger partial charge in [-0.05, 0) is 42.9 Å². The molecule has 0 bridgehead atoms. The summed E-state index contributed by atoms with van der Waals surface area (Å²) in [5.41, 5.74) is 3.47. The Morgan fingerprint density at radius 2 is 1.73 bits per heavy atom. The van der Waals surface area contributed by atoms with Gasteiger partial charge in [0.1, 0.15) is 11.5 Å². The SMILES string of the molecule is CCCCC(=O)Cc1cccc(OCCc2ccccc2)c1CCOCCCCBr. The Balaban J connectivity index is 2.01. The zero-order chi connectivity index (χ0) is 21.4. The van der Waals surface area contributed by atoms with Gasteiger partial charge in [0, 0.05) is 36.8 Å². The lowest BCUT2D eigenvalue weighted by atomic mass is 9.97. The highest BCUT2D eigenvalue weighted by molar-refractivity contribution is 9.09. The number of ketones is 1. The highest BCUT2D eigenvalue weighted by Crippen LogP contribution is 2.25. The van der Waals surface area contributed by atoms with Crippen molar-refractivity contribution in [3.8, 4) is 5.75 Å². The van der Waals surface area contributed by atoms with Crippen LogP contribution in [0.2, 0.25) is 0 Å². The average molecular weight is 475 g/mol. The number of benzene rings is 2. The third-order valence-electron chi connectivity index (χ3n) is 5.09. The van der Waals surface area contributed by atoms with Crippen LogP contribution in [0, 0.1) is 0 Å². The molecule has 164 valence electrons. The van der Waals surface area contributed by atoms with Crippen molar-refractivity contribution in [2.24, 2.45) is 0 Å². The quantitative estimate of drug-likeness (QED) is 0.210. The van der Waals surface area contributed by atoms with Crippen molar-refractivity contribution in [2.45, 2.75) is 58.3 Å². The van der Waals surface area contributed by atoms with E-state index in [-0.39, 0.29) is 0 Å². The van der Waals surface area contributed by atoms with Crippen molar-refractivity contribution in [1.82, 2.24) is 0 Å². The molecule has 0 aliphatic carbocycles. The van der Waals surface area contributed by atoms with Crippen molar-refractivity contribution in [1.29, 1.82) is 0 Å². The molecule has 0 atom stereocenters. The van der Waals surface area contributed by atoms with Crippen molar-refractivity contribution in [2.75, 3.05) is 25.2 Å². The number of rotatable bonds is 16. The first-order valence-corrected chi connectivity index (χ1v) is 12.3. The molecule has 2 rings (SSSR count). The fraction of sp³-hybridized carbons (Fsp3) is 0.500. The number of halogens is 1. The number of Topliss-reactive ketones (excluding diaryl/α,β-unsaturated/α-hetero) is 1. The molecule has 0 N–H and O–H groups in total. The van der Waals surface area contributed by atoms with Gasteiger partial charge in [0.05, 0.1) is 13.2 Å². The first-order valence-electron chi connectivity index (χ1n) is 11.2. The standard InChI is InChI=1S/C26H35BrO3/c1-2-3-13-24(28)21-23-12-9-14-26(25(23)16-19-29-18-8-7-17-27)30-20-15-22-10-5-4-6-11-22/h4-6,9-12,14H,2-3,7-8,13,15-21H2,1H3. The molecule has 4 heteroatoms. The van der Waals surface area contributed by atoms with E-state index >= 15 is 0 Å². The van der Waals surface area contributed by atoms with Gasteiger partial charge in [0.25, 0.3) is 0 Å². The number of alkyl halides is 1. The summed E-state index contributed by atoms with van der Waals surface area (Å²) in [5, 5.41) is 1.01. The molecule has 0 heterocycles. The molecule has 0 aliphatic heterocycles. The minimum Gasteiger partial charge on any atom is -0.493 e. The Bertz CT molecular complexity index is 730. The van der Waals surface area contributed by atoms with Crippen LogP contribution < -0.4 is 4.74 Å². The van der Waals surface area contributed by atoms with E-state index in [2.05, 4.69) is 53.2 Å². The van der Waals surface area contributed by atoms with Gasteiger partial charge < -0.3 is 9.47 Å². The van der Waals surface area contributed by atoms with Crippen LogP contribution in [0.25, 0.3) is 0 Å². The third kappa shape index (κ3) is 9.44. The number of carbonyl (C=O) groups excluding carboxylic acids is 1. The highest BCUT2D eigenvalue weighted by Gasteiger charge is 2.13. The predicted octanol–water partition coefficient (Wildman–Crippen LogP) is 6.34. The van der Waals surface area contributed by atoms with Gasteiger partial charge in [-0.1, -0.05) is 71.7 Å². The van der Waals surface area contributed by atoms with E-state index in [1.165, 1.54) is 5.56 Å². The van der Waals surface area contributed by atoms with E-state index < -0.39 is 0 Å². The second kappa shape index (κ2) is 15.2. The number of hydrogen-bond acceptors (Lipinski definition) is 3. The van der Waals surface area contributed by atoms with E-state index in [0.717, 1.165) is 67.3 Å². The Labute approximate surface area is 190 Å². The third-order valence-corrected chi connectivity index (χ3v) is 5.65. The van der Waals surface area contributed by atoms with Gasteiger partial charge in [0.15, 0.2) is 0 Å². The van der Waals surface area contributed by atoms with Gasteiger partial charge in [-0.25, -0.2) is 0 Å². The molecule has 0 fully saturated rings. The molecule has 0 aromatic heterocycles. The van der Waals surface area contributed by atoms with Crippen LogP contribution in [-0.4, -0.2) is 30.9 Å². The van der Waals surface area contributed by atoms with Crippen molar-refractivity contribution < 1.29 is 14.3 Å². The summed E-state index contributed by atoms with van der Waals surface area (Å²) in [4.78, 5) is 12.4. The first-order chi connectivity index (χ1) is 14.7. The summed E-state index contributed by atoms with van der Waals surface area (Å²) in [6, 6.07) is 16.5. The Hall–Kier alpha value is -1.65. The highest BCUT2D eigenvalue weighted by atomic mass is 79.9. The molecular formula is C26H35BrO3. The fourth-order valence-electron chi connectivity index (χ4n) is 3.37. The predicted molar refractivity (Wildman–Crippen MR) is 128 cm³/mol. The van der Waals surface area contributed by atoms with E-state index in [0.29, 0.717) is 31.8 Å². The summed E-state index contributed by atoms with van der Waals surface area (Å²) >= 11 is 3.45. The lowest BCUT2D eigenvalue weighted by Gasteiger charge is -2.16. The first kappa shape index (κ1) is 24.6.